The fraction of sp³-hybridized carbons (Fsp3) is 0.0164. The Morgan fingerprint density at radius 3 is 1.52 bits per heavy atom. The topological polar surface area (TPSA) is 9.86 Å². The van der Waals surface area contributed by atoms with Gasteiger partial charge in [0.1, 0.15) is 0 Å². The number of hydrogen-bond acceptors (Lipinski definition) is 0. The van der Waals surface area contributed by atoms with E-state index < -0.39 is 5.41 Å². The molecule has 2 heterocycles. The van der Waals surface area contributed by atoms with Gasteiger partial charge in [-0.1, -0.05) is 182 Å². The van der Waals surface area contributed by atoms with Gasteiger partial charge in [0.15, 0.2) is 0 Å². The van der Waals surface area contributed by atoms with Crippen molar-refractivity contribution in [3.8, 4) is 44.8 Å². The zero-order valence-corrected chi connectivity index (χ0v) is 34.5. The molecule has 2 aromatic heterocycles. The minimum absolute atomic E-state index is 0.562. The lowest BCUT2D eigenvalue weighted by Crippen LogP contribution is -2.28. The van der Waals surface area contributed by atoms with Crippen molar-refractivity contribution in [3.63, 3.8) is 0 Å². The Balaban J connectivity index is 1.14. The van der Waals surface area contributed by atoms with Crippen molar-refractivity contribution >= 4 is 43.6 Å². The number of benzene rings is 10. The minimum Gasteiger partial charge on any atom is -0.309 e. The molecule has 0 bridgehead atoms. The van der Waals surface area contributed by atoms with Crippen molar-refractivity contribution in [2.45, 2.75) is 5.41 Å². The van der Waals surface area contributed by atoms with Gasteiger partial charge in [0, 0.05) is 32.9 Å². The molecule has 0 amide bonds. The second-order valence-corrected chi connectivity index (χ2v) is 16.8. The molecule has 0 N–H and O–H groups in total. The Hall–Kier alpha value is -8.20. The van der Waals surface area contributed by atoms with Gasteiger partial charge in [0.05, 0.1) is 27.5 Å². The van der Waals surface area contributed by atoms with Gasteiger partial charge in [-0.25, -0.2) is 0 Å². The second-order valence-electron chi connectivity index (χ2n) is 16.8. The summed E-state index contributed by atoms with van der Waals surface area (Å²) >= 11 is 0. The smallest absolute Gasteiger partial charge is 0.0720 e. The molecule has 0 atom stereocenters. The molecule has 0 aliphatic heterocycles. The van der Waals surface area contributed by atoms with E-state index in [1.54, 1.807) is 0 Å². The second kappa shape index (κ2) is 13.9. The maximum absolute atomic E-state index is 2.50. The van der Waals surface area contributed by atoms with E-state index in [1.807, 2.05) is 0 Å². The van der Waals surface area contributed by atoms with Crippen molar-refractivity contribution in [2.24, 2.45) is 0 Å². The summed E-state index contributed by atoms with van der Waals surface area (Å²) in [6.45, 7) is 0. The van der Waals surface area contributed by atoms with Gasteiger partial charge < -0.3 is 9.13 Å². The van der Waals surface area contributed by atoms with E-state index in [0.717, 1.165) is 11.4 Å². The third kappa shape index (κ3) is 5.19. The average molecular weight is 801 g/mol. The van der Waals surface area contributed by atoms with Gasteiger partial charge in [0.2, 0.25) is 0 Å². The van der Waals surface area contributed by atoms with Crippen LogP contribution in [0, 0.1) is 0 Å². The van der Waals surface area contributed by atoms with E-state index in [0.29, 0.717) is 0 Å². The maximum Gasteiger partial charge on any atom is 0.0720 e. The summed E-state index contributed by atoms with van der Waals surface area (Å²) in [5.74, 6) is 0. The summed E-state index contributed by atoms with van der Waals surface area (Å²) in [6.07, 6.45) is 0. The van der Waals surface area contributed by atoms with Crippen LogP contribution in [0.5, 0.6) is 0 Å². The van der Waals surface area contributed by atoms with Crippen LogP contribution in [-0.2, 0) is 5.41 Å². The molecule has 10 aromatic carbocycles. The highest BCUT2D eigenvalue weighted by Gasteiger charge is 2.47. The van der Waals surface area contributed by atoms with Gasteiger partial charge in [-0.2, -0.15) is 0 Å². The third-order valence-corrected chi connectivity index (χ3v) is 13.6. The van der Waals surface area contributed by atoms with Crippen LogP contribution >= 0.6 is 0 Å². The molecule has 1 aliphatic rings. The Morgan fingerprint density at radius 2 is 0.794 bits per heavy atom. The van der Waals surface area contributed by atoms with Gasteiger partial charge in [0.25, 0.3) is 0 Å². The molecule has 0 saturated carbocycles. The highest BCUT2D eigenvalue weighted by Crippen LogP contribution is 2.59. The molecule has 0 radical (unpaired) electrons. The first-order valence-electron chi connectivity index (χ1n) is 21.8. The van der Waals surface area contributed by atoms with Crippen LogP contribution in [0.15, 0.2) is 243 Å². The molecular weight excluding hydrogens is 761 g/mol. The van der Waals surface area contributed by atoms with E-state index in [4.69, 9.17) is 0 Å². The Kier molecular flexibility index (Phi) is 7.85. The van der Waals surface area contributed by atoms with E-state index >= 15 is 0 Å². The fourth-order valence-electron chi connectivity index (χ4n) is 11.0. The molecule has 0 saturated heterocycles. The summed E-state index contributed by atoms with van der Waals surface area (Å²) in [6, 6.07) is 89.6. The first-order valence-corrected chi connectivity index (χ1v) is 21.8. The molecule has 12 aromatic rings. The lowest BCUT2D eigenvalue weighted by atomic mass is 9.67. The molecule has 0 unspecified atom stereocenters. The molecule has 2 nitrogen and oxygen atoms in total. The standard InChI is InChI=1S/C61H40N2/c1-5-18-41(19-6-1)42-20-17-27-48(38-42)63-57-36-33-44(43-32-35-56-52(39-43)50-29-14-16-31-55(50)62(56)47-25-11-4-12-26-47)40-53(57)59-58(63)37-34-51-49-28-13-15-30-54(49)61(60(51)59,45-21-7-2-8-22-45)46-23-9-3-10-24-46/h1-40H. The lowest BCUT2D eigenvalue weighted by molar-refractivity contribution is 0.776. The molecule has 2 heteroatoms. The van der Waals surface area contributed by atoms with Crippen LogP contribution in [0.3, 0.4) is 0 Å². The first-order chi connectivity index (χ1) is 31.3. The number of fused-ring (bicyclic) bond motifs is 10. The van der Waals surface area contributed by atoms with E-state index in [-0.39, 0.29) is 0 Å². The van der Waals surface area contributed by atoms with E-state index in [1.165, 1.54) is 99.2 Å². The van der Waals surface area contributed by atoms with Gasteiger partial charge >= 0.3 is 0 Å². The first kappa shape index (κ1) is 35.5. The summed E-state index contributed by atoms with van der Waals surface area (Å²) in [5.41, 5.74) is 19.0. The molecule has 13 rings (SSSR count). The molecule has 0 spiro atoms. The minimum atomic E-state index is -0.562. The number of nitrogens with zero attached hydrogens (tertiary/aromatic N) is 2. The Bertz CT molecular complexity index is 3670. The van der Waals surface area contributed by atoms with Gasteiger partial charge in [-0.15, -0.1) is 0 Å². The maximum atomic E-state index is 2.50. The van der Waals surface area contributed by atoms with Crippen molar-refractivity contribution in [1.82, 2.24) is 9.13 Å². The quantitative estimate of drug-likeness (QED) is 0.159. The van der Waals surface area contributed by atoms with Crippen LogP contribution in [-0.4, -0.2) is 9.13 Å². The van der Waals surface area contributed by atoms with Crippen molar-refractivity contribution in [3.05, 3.63) is 265 Å². The molecular formula is C61H40N2. The van der Waals surface area contributed by atoms with Gasteiger partial charge in [-0.3, -0.25) is 0 Å². The molecule has 63 heavy (non-hydrogen) atoms. The summed E-state index contributed by atoms with van der Waals surface area (Å²) in [5, 5.41) is 5.01. The van der Waals surface area contributed by atoms with Crippen LogP contribution in [0.4, 0.5) is 0 Å². The number of aromatic nitrogens is 2. The van der Waals surface area contributed by atoms with Crippen LogP contribution in [0.1, 0.15) is 22.3 Å². The van der Waals surface area contributed by atoms with E-state index in [9.17, 15) is 0 Å². The highest BCUT2D eigenvalue weighted by molar-refractivity contribution is 6.17. The largest absolute Gasteiger partial charge is 0.309 e. The molecule has 1 aliphatic carbocycles. The summed E-state index contributed by atoms with van der Waals surface area (Å²) in [7, 11) is 0. The SMILES string of the molecule is c1ccc(-c2cccc(-n3c4ccc(-c5ccc6c(c5)c5ccccc5n6-c5ccccc5)cc4c4c5c(ccc43)-c3ccccc3C5(c3ccccc3)c3ccccc3)c2)cc1. The number of hydrogen-bond donors (Lipinski definition) is 0. The predicted octanol–water partition coefficient (Wildman–Crippen LogP) is 15.6. The predicted molar refractivity (Wildman–Crippen MR) is 263 cm³/mol. The van der Waals surface area contributed by atoms with Crippen molar-refractivity contribution in [2.75, 3.05) is 0 Å². The van der Waals surface area contributed by atoms with Crippen molar-refractivity contribution in [1.29, 1.82) is 0 Å². The summed E-state index contributed by atoms with van der Waals surface area (Å²) in [4.78, 5) is 0. The monoisotopic (exact) mass is 800 g/mol. The number of rotatable bonds is 6. The molecule has 0 fully saturated rings. The van der Waals surface area contributed by atoms with Crippen LogP contribution < -0.4 is 0 Å². The lowest BCUT2D eigenvalue weighted by Gasteiger charge is -2.34. The average Bonchev–Trinajstić information content (AvgIpc) is 3.99. The normalized spacial score (nSPS) is 12.9. The zero-order valence-electron chi connectivity index (χ0n) is 34.5. The summed E-state index contributed by atoms with van der Waals surface area (Å²) < 4.78 is 4.89. The van der Waals surface area contributed by atoms with E-state index in [2.05, 4.69) is 252 Å². The fourth-order valence-corrected chi connectivity index (χ4v) is 11.0. The van der Waals surface area contributed by atoms with Crippen LogP contribution in [0.2, 0.25) is 0 Å². The number of para-hydroxylation sites is 2. The zero-order chi connectivity index (χ0) is 41.5. The van der Waals surface area contributed by atoms with Crippen LogP contribution in [0.25, 0.3) is 88.4 Å². The van der Waals surface area contributed by atoms with Gasteiger partial charge in [-0.05, 0) is 116 Å². The molecule has 294 valence electrons. The Labute approximate surface area is 366 Å². The Morgan fingerprint density at radius 1 is 0.286 bits per heavy atom. The van der Waals surface area contributed by atoms with Crippen molar-refractivity contribution < 1.29 is 0 Å². The third-order valence-electron chi connectivity index (χ3n) is 13.6. The highest BCUT2D eigenvalue weighted by atomic mass is 15.0.